The largest absolute Gasteiger partial charge is 0.463 e. The van der Waals surface area contributed by atoms with E-state index < -0.39 is 5.97 Å². The fourth-order valence-corrected chi connectivity index (χ4v) is 1.30. The van der Waals surface area contributed by atoms with Crippen molar-refractivity contribution >= 4 is 11.9 Å². The lowest BCUT2D eigenvalue weighted by molar-refractivity contribution is -0.137. The summed E-state index contributed by atoms with van der Waals surface area (Å²) >= 11 is 0. The van der Waals surface area contributed by atoms with Crippen molar-refractivity contribution in [3.05, 3.63) is 29.7 Å². The molecule has 0 fully saturated rings. The van der Waals surface area contributed by atoms with Gasteiger partial charge in [0.1, 0.15) is 0 Å². The quantitative estimate of drug-likeness (QED) is 0.628. The Hall–Kier alpha value is -2.11. The first-order valence-electron chi connectivity index (χ1n) is 5.76. The van der Waals surface area contributed by atoms with Crippen molar-refractivity contribution in [2.45, 2.75) is 27.3 Å². The molecular formula is C12H17N3O3. The molecule has 0 saturated heterocycles. The van der Waals surface area contributed by atoms with Crippen LogP contribution in [0.25, 0.3) is 0 Å². The Labute approximate surface area is 106 Å². The number of allylic oxidation sites excluding steroid dienone is 1. The highest BCUT2D eigenvalue weighted by Gasteiger charge is 2.09. The normalized spacial score (nSPS) is 11.2. The van der Waals surface area contributed by atoms with Gasteiger partial charge in [-0.05, 0) is 26.8 Å². The zero-order valence-corrected chi connectivity index (χ0v) is 10.8. The SMILES string of the molecule is CCOC(=O)/C=C(\C)NC(=O)c1ccn(CC)n1. The van der Waals surface area contributed by atoms with Crippen molar-refractivity contribution in [3.63, 3.8) is 0 Å². The third kappa shape index (κ3) is 4.04. The summed E-state index contributed by atoms with van der Waals surface area (Å²) in [5, 5.41) is 6.63. The number of carbonyl (C=O) groups is 2. The van der Waals surface area contributed by atoms with Crippen LogP contribution in [-0.4, -0.2) is 28.3 Å². The van der Waals surface area contributed by atoms with Crippen molar-refractivity contribution in [1.29, 1.82) is 0 Å². The van der Waals surface area contributed by atoms with Crippen LogP contribution in [0.3, 0.4) is 0 Å². The third-order valence-electron chi connectivity index (χ3n) is 2.13. The van der Waals surface area contributed by atoms with Crippen molar-refractivity contribution in [1.82, 2.24) is 15.1 Å². The van der Waals surface area contributed by atoms with Crippen LogP contribution in [-0.2, 0) is 16.1 Å². The first kappa shape index (κ1) is 14.0. The monoisotopic (exact) mass is 251 g/mol. The second-order valence-corrected chi connectivity index (χ2v) is 3.59. The zero-order valence-electron chi connectivity index (χ0n) is 10.8. The van der Waals surface area contributed by atoms with E-state index >= 15 is 0 Å². The van der Waals surface area contributed by atoms with Gasteiger partial charge >= 0.3 is 5.97 Å². The van der Waals surface area contributed by atoms with Crippen LogP contribution in [0, 0.1) is 0 Å². The van der Waals surface area contributed by atoms with Gasteiger partial charge in [-0.2, -0.15) is 5.10 Å². The number of rotatable bonds is 5. The molecule has 1 heterocycles. The Bertz CT molecular complexity index is 463. The Morgan fingerprint density at radius 1 is 1.50 bits per heavy atom. The molecule has 6 heteroatoms. The molecule has 6 nitrogen and oxygen atoms in total. The number of carbonyl (C=O) groups excluding carboxylic acids is 2. The van der Waals surface area contributed by atoms with Crippen LogP contribution >= 0.6 is 0 Å². The minimum Gasteiger partial charge on any atom is -0.463 e. The minimum atomic E-state index is -0.477. The maximum Gasteiger partial charge on any atom is 0.332 e. The first-order valence-corrected chi connectivity index (χ1v) is 5.76. The van der Waals surface area contributed by atoms with E-state index in [1.54, 1.807) is 30.8 Å². The van der Waals surface area contributed by atoms with E-state index in [-0.39, 0.29) is 5.91 Å². The predicted molar refractivity (Wildman–Crippen MR) is 65.8 cm³/mol. The molecule has 0 spiro atoms. The number of amides is 1. The summed E-state index contributed by atoms with van der Waals surface area (Å²) in [6, 6.07) is 1.62. The van der Waals surface area contributed by atoms with E-state index in [9.17, 15) is 9.59 Å². The van der Waals surface area contributed by atoms with Crippen LogP contribution in [0.4, 0.5) is 0 Å². The van der Waals surface area contributed by atoms with E-state index in [4.69, 9.17) is 4.74 Å². The van der Waals surface area contributed by atoms with Gasteiger partial charge in [-0.25, -0.2) is 4.79 Å². The van der Waals surface area contributed by atoms with Crippen molar-refractivity contribution in [2.24, 2.45) is 0 Å². The summed E-state index contributed by atoms with van der Waals surface area (Å²) in [6.45, 7) is 6.27. The van der Waals surface area contributed by atoms with Gasteiger partial charge in [-0.15, -0.1) is 0 Å². The van der Waals surface area contributed by atoms with Crippen molar-refractivity contribution in [3.8, 4) is 0 Å². The van der Waals surface area contributed by atoms with Gasteiger partial charge in [0.15, 0.2) is 5.69 Å². The standard InChI is InChI=1S/C12H17N3O3/c1-4-15-7-6-10(14-15)12(17)13-9(3)8-11(16)18-5-2/h6-8H,4-5H2,1-3H3,(H,13,17)/b9-8+. The van der Waals surface area contributed by atoms with Crippen molar-refractivity contribution < 1.29 is 14.3 Å². The second kappa shape index (κ2) is 6.58. The number of nitrogens with zero attached hydrogens (tertiary/aromatic N) is 2. The summed E-state index contributed by atoms with van der Waals surface area (Å²) in [4.78, 5) is 22.9. The van der Waals surface area contributed by atoms with E-state index in [1.807, 2.05) is 6.92 Å². The number of esters is 1. The van der Waals surface area contributed by atoms with Crippen LogP contribution in [0.2, 0.25) is 0 Å². The van der Waals surface area contributed by atoms with Gasteiger partial charge in [-0.1, -0.05) is 0 Å². The maximum absolute atomic E-state index is 11.7. The van der Waals surface area contributed by atoms with E-state index in [2.05, 4.69) is 10.4 Å². The van der Waals surface area contributed by atoms with Crippen LogP contribution in [0.1, 0.15) is 31.3 Å². The van der Waals surface area contributed by atoms with E-state index in [0.29, 0.717) is 24.5 Å². The molecule has 1 aromatic heterocycles. The fraction of sp³-hybridized carbons (Fsp3) is 0.417. The topological polar surface area (TPSA) is 73.2 Å². The van der Waals surface area contributed by atoms with Gasteiger partial charge in [0.05, 0.1) is 6.61 Å². The Morgan fingerprint density at radius 2 is 2.22 bits per heavy atom. The lowest BCUT2D eigenvalue weighted by Gasteiger charge is -2.03. The molecule has 1 aromatic rings. The molecule has 0 unspecified atom stereocenters. The highest BCUT2D eigenvalue weighted by molar-refractivity contribution is 5.94. The molecule has 1 amide bonds. The predicted octanol–water partition coefficient (Wildman–Crippen LogP) is 1.10. The number of ether oxygens (including phenoxy) is 1. The van der Waals surface area contributed by atoms with Crippen molar-refractivity contribution in [2.75, 3.05) is 6.61 Å². The van der Waals surface area contributed by atoms with E-state index in [1.165, 1.54) is 6.08 Å². The van der Waals surface area contributed by atoms with Gasteiger partial charge in [0, 0.05) is 24.5 Å². The molecule has 1 N–H and O–H groups in total. The smallest absolute Gasteiger partial charge is 0.332 e. The lowest BCUT2D eigenvalue weighted by Crippen LogP contribution is -2.23. The minimum absolute atomic E-state index is 0.303. The lowest BCUT2D eigenvalue weighted by atomic mass is 10.3. The molecule has 98 valence electrons. The molecule has 0 aliphatic rings. The molecule has 0 saturated carbocycles. The average molecular weight is 251 g/mol. The fourth-order valence-electron chi connectivity index (χ4n) is 1.30. The number of aryl methyl sites for hydroxylation is 1. The molecular weight excluding hydrogens is 234 g/mol. The number of aromatic nitrogens is 2. The highest BCUT2D eigenvalue weighted by atomic mass is 16.5. The van der Waals surface area contributed by atoms with Gasteiger partial charge in [0.25, 0.3) is 5.91 Å². The van der Waals surface area contributed by atoms with Crippen LogP contribution < -0.4 is 5.32 Å². The molecule has 18 heavy (non-hydrogen) atoms. The van der Waals surface area contributed by atoms with Gasteiger partial charge in [0.2, 0.25) is 0 Å². The average Bonchev–Trinajstić information content (AvgIpc) is 2.77. The molecule has 0 atom stereocenters. The summed E-state index contributed by atoms with van der Waals surface area (Å²) in [7, 11) is 0. The Balaban J connectivity index is 2.61. The van der Waals surface area contributed by atoms with Crippen LogP contribution in [0.5, 0.6) is 0 Å². The highest BCUT2D eigenvalue weighted by Crippen LogP contribution is 1.98. The summed E-state index contributed by atoms with van der Waals surface area (Å²) < 4.78 is 6.39. The molecule has 0 radical (unpaired) electrons. The molecule has 0 aliphatic carbocycles. The summed E-state index contributed by atoms with van der Waals surface area (Å²) in [5.74, 6) is -0.824. The maximum atomic E-state index is 11.7. The molecule has 1 rings (SSSR count). The third-order valence-corrected chi connectivity index (χ3v) is 2.13. The Morgan fingerprint density at radius 3 is 2.78 bits per heavy atom. The number of nitrogens with one attached hydrogen (secondary N) is 1. The molecule has 0 aromatic carbocycles. The summed E-state index contributed by atoms with van der Waals surface area (Å²) in [5.41, 5.74) is 0.734. The molecule has 0 aliphatic heterocycles. The molecule has 0 bridgehead atoms. The second-order valence-electron chi connectivity index (χ2n) is 3.59. The van der Waals surface area contributed by atoms with Gasteiger partial charge < -0.3 is 10.1 Å². The first-order chi connectivity index (χ1) is 8.56. The summed E-state index contributed by atoms with van der Waals surface area (Å²) in [6.07, 6.45) is 2.96. The Kier molecular flexibility index (Phi) is 5.10. The zero-order chi connectivity index (χ0) is 13.5. The number of hydrogen-bond acceptors (Lipinski definition) is 4. The van der Waals surface area contributed by atoms with E-state index in [0.717, 1.165) is 0 Å². The van der Waals surface area contributed by atoms with Gasteiger partial charge in [-0.3, -0.25) is 9.48 Å². The number of hydrogen-bond donors (Lipinski definition) is 1. The van der Waals surface area contributed by atoms with Crippen LogP contribution in [0.15, 0.2) is 24.0 Å².